The first kappa shape index (κ1) is 16.4. The van der Waals surface area contributed by atoms with Crippen LogP contribution in [0.4, 0.5) is 14.5 Å². The molecule has 2 rings (SSSR count). The Labute approximate surface area is 127 Å². The molecule has 7 heteroatoms. The third-order valence-corrected chi connectivity index (χ3v) is 4.92. The molecule has 4 nitrogen and oxygen atoms in total. The third-order valence-electron chi connectivity index (χ3n) is 3.09. The topological polar surface area (TPSA) is 57.6 Å². The van der Waals surface area contributed by atoms with Gasteiger partial charge in [-0.2, -0.15) is 0 Å². The van der Waals surface area contributed by atoms with Crippen LogP contribution < -0.4 is 4.31 Å². The Morgan fingerprint density at radius 1 is 1.09 bits per heavy atom. The van der Waals surface area contributed by atoms with Crippen LogP contribution >= 0.6 is 0 Å². The number of aliphatic hydroxyl groups is 1. The second-order valence-corrected chi connectivity index (χ2v) is 6.57. The van der Waals surface area contributed by atoms with Crippen molar-refractivity contribution in [3.63, 3.8) is 0 Å². The molecule has 2 aromatic rings. The zero-order chi connectivity index (χ0) is 16.3. The molecule has 2 aromatic carbocycles. The van der Waals surface area contributed by atoms with E-state index in [1.165, 1.54) is 12.1 Å². The fourth-order valence-electron chi connectivity index (χ4n) is 1.98. The molecule has 0 aromatic heterocycles. The number of nitrogens with zero attached hydrogens (tertiary/aromatic N) is 1. The van der Waals surface area contributed by atoms with Crippen LogP contribution in [-0.4, -0.2) is 26.7 Å². The van der Waals surface area contributed by atoms with Gasteiger partial charge in [-0.15, -0.1) is 0 Å². The summed E-state index contributed by atoms with van der Waals surface area (Å²) in [4.78, 5) is -0.0322. The minimum absolute atomic E-state index is 0.0322. The number of sulfonamides is 1. The van der Waals surface area contributed by atoms with Gasteiger partial charge in [0.05, 0.1) is 23.7 Å². The molecule has 118 valence electrons. The molecule has 0 aliphatic heterocycles. The second kappa shape index (κ2) is 6.41. The number of anilines is 1. The number of rotatable bonds is 5. The highest BCUT2D eigenvalue weighted by Gasteiger charge is 2.26. The Kier molecular flexibility index (Phi) is 4.77. The summed E-state index contributed by atoms with van der Waals surface area (Å²) in [6, 6.07) is 8.63. The molecule has 22 heavy (non-hydrogen) atoms. The van der Waals surface area contributed by atoms with Crippen molar-refractivity contribution in [1.82, 2.24) is 0 Å². The average Bonchev–Trinajstić information content (AvgIpc) is 2.46. The van der Waals surface area contributed by atoms with Crippen molar-refractivity contribution in [2.24, 2.45) is 0 Å². The SMILES string of the molecule is Cc1ccc(S(=O)(=O)N(CCO)c2ccc(F)cc2F)cc1. The third kappa shape index (κ3) is 3.26. The molecule has 1 N–H and O–H groups in total. The second-order valence-electron chi connectivity index (χ2n) is 4.71. The standard InChI is InChI=1S/C15H15F2NO3S/c1-11-2-5-13(6-3-11)22(20,21)18(8-9-19)15-7-4-12(16)10-14(15)17/h2-7,10,19H,8-9H2,1H3. The summed E-state index contributed by atoms with van der Waals surface area (Å²) in [6.07, 6.45) is 0. The number of aryl methyl sites for hydroxylation is 1. The van der Waals surface area contributed by atoms with Crippen LogP contribution in [0.5, 0.6) is 0 Å². The molecule has 0 aliphatic carbocycles. The van der Waals surface area contributed by atoms with Gasteiger partial charge in [-0.3, -0.25) is 4.31 Å². The van der Waals surface area contributed by atoms with Crippen molar-refractivity contribution in [3.8, 4) is 0 Å². The predicted molar refractivity (Wildman–Crippen MR) is 79.2 cm³/mol. The molecule has 0 heterocycles. The number of aliphatic hydroxyl groups excluding tert-OH is 1. The number of hydrogen-bond acceptors (Lipinski definition) is 3. The van der Waals surface area contributed by atoms with Gasteiger partial charge in [0.25, 0.3) is 10.0 Å². The quantitative estimate of drug-likeness (QED) is 0.918. The minimum atomic E-state index is -4.06. The zero-order valence-corrected chi connectivity index (χ0v) is 12.6. The average molecular weight is 327 g/mol. The minimum Gasteiger partial charge on any atom is -0.394 e. The Balaban J connectivity index is 2.53. The highest BCUT2D eigenvalue weighted by atomic mass is 32.2. The molecule has 0 radical (unpaired) electrons. The lowest BCUT2D eigenvalue weighted by molar-refractivity contribution is 0.306. The van der Waals surface area contributed by atoms with E-state index in [4.69, 9.17) is 5.11 Å². The number of halogens is 2. The molecule has 0 fully saturated rings. The molecular formula is C15H15F2NO3S. The lowest BCUT2D eigenvalue weighted by atomic mass is 10.2. The van der Waals surface area contributed by atoms with Gasteiger partial charge in [0.2, 0.25) is 0 Å². The fourth-order valence-corrected chi connectivity index (χ4v) is 3.45. The first-order valence-electron chi connectivity index (χ1n) is 6.51. The summed E-state index contributed by atoms with van der Waals surface area (Å²) in [7, 11) is -4.06. The van der Waals surface area contributed by atoms with Crippen LogP contribution in [0.2, 0.25) is 0 Å². The maximum absolute atomic E-state index is 13.9. The van der Waals surface area contributed by atoms with E-state index in [1.807, 2.05) is 6.92 Å². The molecule has 0 spiro atoms. The van der Waals surface area contributed by atoms with Crippen LogP contribution in [0, 0.1) is 18.6 Å². The van der Waals surface area contributed by atoms with E-state index in [0.29, 0.717) is 6.07 Å². The zero-order valence-electron chi connectivity index (χ0n) is 11.8. The van der Waals surface area contributed by atoms with Gasteiger partial charge in [0.15, 0.2) is 0 Å². The summed E-state index contributed by atoms with van der Waals surface area (Å²) < 4.78 is 52.9. The molecule has 0 aliphatic rings. The van der Waals surface area contributed by atoms with E-state index in [-0.39, 0.29) is 17.1 Å². The summed E-state index contributed by atoms with van der Waals surface area (Å²) >= 11 is 0. The van der Waals surface area contributed by atoms with Crippen molar-refractivity contribution in [2.75, 3.05) is 17.5 Å². The van der Waals surface area contributed by atoms with E-state index in [9.17, 15) is 17.2 Å². The molecule has 0 bridgehead atoms. The molecule has 0 saturated heterocycles. The lowest BCUT2D eigenvalue weighted by Crippen LogP contribution is -2.34. The van der Waals surface area contributed by atoms with E-state index in [1.54, 1.807) is 12.1 Å². The van der Waals surface area contributed by atoms with Crippen molar-refractivity contribution < 1.29 is 22.3 Å². The van der Waals surface area contributed by atoms with Gasteiger partial charge in [-0.25, -0.2) is 17.2 Å². The van der Waals surface area contributed by atoms with Crippen molar-refractivity contribution in [2.45, 2.75) is 11.8 Å². The summed E-state index contributed by atoms with van der Waals surface area (Å²) in [5.74, 6) is -1.82. The fraction of sp³-hybridized carbons (Fsp3) is 0.200. The van der Waals surface area contributed by atoms with Crippen molar-refractivity contribution in [3.05, 3.63) is 59.7 Å². The Hall–Kier alpha value is -1.99. The van der Waals surface area contributed by atoms with Crippen molar-refractivity contribution in [1.29, 1.82) is 0 Å². The van der Waals surface area contributed by atoms with Gasteiger partial charge >= 0.3 is 0 Å². The highest BCUT2D eigenvalue weighted by molar-refractivity contribution is 7.92. The van der Waals surface area contributed by atoms with Gasteiger partial charge in [-0.1, -0.05) is 17.7 Å². The van der Waals surface area contributed by atoms with E-state index in [0.717, 1.165) is 22.0 Å². The Bertz CT molecular complexity index is 761. The van der Waals surface area contributed by atoms with Gasteiger partial charge in [0.1, 0.15) is 11.6 Å². The van der Waals surface area contributed by atoms with Gasteiger partial charge in [-0.05, 0) is 31.2 Å². The first-order chi connectivity index (χ1) is 10.4. The smallest absolute Gasteiger partial charge is 0.264 e. The predicted octanol–water partition coefficient (Wildman–Crippen LogP) is 2.46. The molecule has 0 saturated carbocycles. The largest absolute Gasteiger partial charge is 0.394 e. The van der Waals surface area contributed by atoms with Crippen LogP contribution in [0.25, 0.3) is 0 Å². The van der Waals surface area contributed by atoms with Crippen LogP contribution in [-0.2, 0) is 10.0 Å². The van der Waals surface area contributed by atoms with Crippen LogP contribution in [0.1, 0.15) is 5.56 Å². The van der Waals surface area contributed by atoms with Gasteiger partial charge in [0, 0.05) is 6.07 Å². The van der Waals surface area contributed by atoms with E-state index < -0.39 is 28.3 Å². The van der Waals surface area contributed by atoms with Crippen LogP contribution in [0.3, 0.4) is 0 Å². The molecule has 0 atom stereocenters. The first-order valence-corrected chi connectivity index (χ1v) is 7.95. The van der Waals surface area contributed by atoms with Gasteiger partial charge < -0.3 is 5.11 Å². The Morgan fingerprint density at radius 2 is 1.73 bits per heavy atom. The monoisotopic (exact) mass is 327 g/mol. The Morgan fingerprint density at radius 3 is 2.27 bits per heavy atom. The summed E-state index contributed by atoms with van der Waals surface area (Å²) in [5, 5.41) is 9.10. The normalized spacial score (nSPS) is 11.5. The number of hydrogen-bond donors (Lipinski definition) is 1. The lowest BCUT2D eigenvalue weighted by Gasteiger charge is -2.24. The number of benzene rings is 2. The van der Waals surface area contributed by atoms with E-state index >= 15 is 0 Å². The maximum atomic E-state index is 13.9. The maximum Gasteiger partial charge on any atom is 0.264 e. The summed E-state index contributed by atoms with van der Waals surface area (Å²) in [5.41, 5.74) is 0.566. The molecule has 0 amide bonds. The highest BCUT2D eigenvalue weighted by Crippen LogP contribution is 2.26. The van der Waals surface area contributed by atoms with Crippen LogP contribution in [0.15, 0.2) is 47.4 Å². The molecular weight excluding hydrogens is 312 g/mol. The molecule has 0 unspecified atom stereocenters. The summed E-state index contributed by atoms with van der Waals surface area (Å²) in [6.45, 7) is 0.974. The van der Waals surface area contributed by atoms with E-state index in [2.05, 4.69) is 0 Å². The van der Waals surface area contributed by atoms with Crippen molar-refractivity contribution >= 4 is 15.7 Å².